The van der Waals surface area contributed by atoms with E-state index in [1.165, 1.54) is 12.1 Å². The molecule has 0 spiro atoms. The molecular formula is C24H27ClFNO4. The van der Waals surface area contributed by atoms with Crippen LogP contribution in [0.4, 0.5) is 4.39 Å². The molecule has 1 aliphatic carbocycles. The molecule has 1 N–H and O–H groups in total. The molecule has 4 rings (SSSR count). The quantitative estimate of drug-likeness (QED) is 0.671. The fourth-order valence-corrected chi connectivity index (χ4v) is 5.08. The van der Waals surface area contributed by atoms with Gasteiger partial charge in [0.25, 0.3) is 0 Å². The molecule has 2 aliphatic heterocycles. The minimum Gasteiger partial charge on any atom is -0.459 e. The summed E-state index contributed by atoms with van der Waals surface area (Å²) in [6.45, 7) is 6.57. The van der Waals surface area contributed by atoms with E-state index in [1.807, 2.05) is 13.8 Å². The molecule has 7 heteroatoms. The zero-order chi connectivity index (χ0) is 22.3. The molecule has 1 aromatic carbocycles. The highest BCUT2D eigenvalue weighted by Gasteiger charge is 2.44. The lowest BCUT2D eigenvalue weighted by Crippen LogP contribution is -2.39. The predicted molar refractivity (Wildman–Crippen MR) is 115 cm³/mol. The van der Waals surface area contributed by atoms with E-state index < -0.39 is 17.7 Å². The average molecular weight is 448 g/mol. The number of ketones is 1. The van der Waals surface area contributed by atoms with Crippen LogP contribution in [0.15, 0.2) is 40.7 Å². The second-order valence-electron chi connectivity index (χ2n) is 9.30. The van der Waals surface area contributed by atoms with Crippen molar-refractivity contribution < 1.29 is 23.5 Å². The molecular weight excluding hydrogens is 421 g/mol. The van der Waals surface area contributed by atoms with Crippen LogP contribution in [0.25, 0.3) is 0 Å². The second-order valence-corrected chi connectivity index (χ2v) is 9.71. The number of ether oxygens (including phenoxy) is 2. The van der Waals surface area contributed by atoms with E-state index in [9.17, 15) is 9.59 Å². The van der Waals surface area contributed by atoms with Crippen LogP contribution in [0.1, 0.15) is 57.9 Å². The van der Waals surface area contributed by atoms with Crippen molar-refractivity contribution in [2.24, 2.45) is 5.41 Å². The fourth-order valence-electron chi connectivity index (χ4n) is 4.80. The van der Waals surface area contributed by atoms with Gasteiger partial charge in [-0.25, -0.2) is 9.18 Å². The first-order valence-electron chi connectivity index (χ1n) is 10.6. The zero-order valence-corrected chi connectivity index (χ0v) is 18.8. The van der Waals surface area contributed by atoms with E-state index in [0.29, 0.717) is 30.7 Å². The van der Waals surface area contributed by atoms with Gasteiger partial charge in [0, 0.05) is 40.6 Å². The minimum absolute atomic E-state index is 0.111. The Kier molecular flexibility index (Phi) is 5.97. The van der Waals surface area contributed by atoms with E-state index >= 15 is 4.39 Å². The second kappa shape index (κ2) is 8.40. The predicted octanol–water partition coefficient (Wildman–Crippen LogP) is 4.81. The lowest BCUT2D eigenvalue weighted by Gasteiger charge is -2.39. The summed E-state index contributed by atoms with van der Waals surface area (Å²) < 4.78 is 26.1. The number of hydrogen-bond donors (Lipinski definition) is 1. The van der Waals surface area contributed by atoms with Gasteiger partial charge in [0.05, 0.1) is 17.6 Å². The highest BCUT2D eigenvalue weighted by Crippen LogP contribution is 2.48. The molecule has 0 amide bonds. The maximum atomic E-state index is 15.0. The summed E-state index contributed by atoms with van der Waals surface area (Å²) in [4.78, 5) is 26.4. The van der Waals surface area contributed by atoms with Gasteiger partial charge in [-0.2, -0.15) is 0 Å². The third kappa shape index (κ3) is 4.28. The maximum Gasteiger partial charge on any atom is 0.336 e. The largest absolute Gasteiger partial charge is 0.459 e. The number of rotatable bonds is 4. The van der Waals surface area contributed by atoms with Crippen LogP contribution >= 0.6 is 11.6 Å². The number of allylic oxidation sites excluding steroid dienone is 3. The standard InChI is InChI=1S/C24H27ClFNO4/c1-13-19(23(29)31-12-14-6-5-9-30-14)22(20-15(25)7-4-8-16(20)26)21-17(27-13)10-24(2,3)11-18(21)28/h4,7-8,14,22,27H,5-6,9-12H2,1-3H3/t14-,22+/m1/s1. The summed E-state index contributed by atoms with van der Waals surface area (Å²) in [5, 5.41) is 3.42. The number of Topliss-reactive ketones (excluding diaryl/α,β-unsaturated/α-hetero) is 1. The molecule has 0 bridgehead atoms. The van der Waals surface area contributed by atoms with Crippen molar-refractivity contribution in [3.8, 4) is 0 Å². The Bertz CT molecular complexity index is 971. The Balaban J connectivity index is 1.78. The normalized spacial score (nSPS) is 25.4. The molecule has 5 nitrogen and oxygen atoms in total. The van der Waals surface area contributed by atoms with Crippen LogP contribution in [0.2, 0.25) is 5.02 Å². The number of halogens is 2. The van der Waals surface area contributed by atoms with E-state index in [0.717, 1.165) is 18.5 Å². The molecule has 0 aromatic heterocycles. The summed E-state index contributed by atoms with van der Waals surface area (Å²) in [6, 6.07) is 4.38. The molecule has 2 heterocycles. The van der Waals surface area contributed by atoms with Gasteiger partial charge in [-0.15, -0.1) is 0 Å². The van der Waals surface area contributed by atoms with Crippen LogP contribution in [0, 0.1) is 11.2 Å². The van der Waals surface area contributed by atoms with E-state index in [-0.39, 0.29) is 40.1 Å². The van der Waals surface area contributed by atoms with Crippen LogP contribution < -0.4 is 5.32 Å². The van der Waals surface area contributed by atoms with Crippen molar-refractivity contribution in [3.63, 3.8) is 0 Å². The summed E-state index contributed by atoms with van der Waals surface area (Å²) in [6.07, 6.45) is 2.55. The summed E-state index contributed by atoms with van der Waals surface area (Å²) in [5.41, 5.74) is 1.79. The monoisotopic (exact) mass is 447 g/mol. The first-order valence-corrected chi connectivity index (χ1v) is 11.0. The van der Waals surface area contributed by atoms with Crippen molar-refractivity contribution in [1.82, 2.24) is 5.32 Å². The number of carbonyl (C=O) groups excluding carboxylic acids is 2. The Morgan fingerprint density at radius 2 is 2.13 bits per heavy atom. The number of carbonyl (C=O) groups is 2. The minimum atomic E-state index is -0.912. The highest BCUT2D eigenvalue weighted by atomic mass is 35.5. The lowest BCUT2D eigenvalue weighted by molar-refractivity contribution is -0.142. The summed E-state index contributed by atoms with van der Waals surface area (Å²) in [5.74, 6) is -2.17. The number of hydrogen-bond acceptors (Lipinski definition) is 5. The number of nitrogens with one attached hydrogen (secondary N) is 1. The van der Waals surface area contributed by atoms with Crippen LogP contribution in [0.5, 0.6) is 0 Å². The van der Waals surface area contributed by atoms with Crippen molar-refractivity contribution in [1.29, 1.82) is 0 Å². The molecule has 1 fully saturated rings. The maximum absolute atomic E-state index is 15.0. The smallest absolute Gasteiger partial charge is 0.336 e. The Hall–Kier alpha value is -2.18. The number of esters is 1. The molecule has 3 aliphatic rings. The molecule has 0 radical (unpaired) electrons. The SMILES string of the molecule is CC1=C(C(=O)OC[C@H]2CCCO2)[C@@H](c2c(F)cccc2Cl)C2=C(CC(C)(C)CC2=O)N1. The third-order valence-electron chi connectivity index (χ3n) is 6.17. The topological polar surface area (TPSA) is 64.6 Å². The molecule has 0 saturated carbocycles. The van der Waals surface area contributed by atoms with E-state index in [4.69, 9.17) is 21.1 Å². The third-order valence-corrected chi connectivity index (χ3v) is 6.50. The van der Waals surface area contributed by atoms with Crippen LogP contribution in [-0.2, 0) is 19.1 Å². The average Bonchev–Trinajstić information content (AvgIpc) is 3.18. The Labute approximate surface area is 186 Å². The zero-order valence-electron chi connectivity index (χ0n) is 18.0. The molecule has 166 valence electrons. The van der Waals surface area contributed by atoms with Gasteiger partial charge in [-0.05, 0) is 43.7 Å². The van der Waals surface area contributed by atoms with Gasteiger partial charge >= 0.3 is 5.97 Å². The molecule has 2 atom stereocenters. The first kappa shape index (κ1) is 22.0. The van der Waals surface area contributed by atoms with Gasteiger partial charge in [-0.3, -0.25) is 4.79 Å². The molecule has 0 unspecified atom stereocenters. The highest BCUT2D eigenvalue weighted by molar-refractivity contribution is 6.31. The van der Waals surface area contributed by atoms with Gasteiger partial charge in [0.15, 0.2) is 5.78 Å². The van der Waals surface area contributed by atoms with Gasteiger partial charge in [0.2, 0.25) is 0 Å². The number of benzene rings is 1. The van der Waals surface area contributed by atoms with Gasteiger partial charge in [-0.1, -0.05) is 31.5 Å². The fraction of sp³-hybridized carbons (Fsp3) is 0.500. The molecule has 1 aromatic rings. The molecule has 1 saturated heterocycles. The van der Waals surface area contributed by atoms with E-state index in [1.54, 1.807) is 13.0 Å². The van der Waals surface area contributed by atoms with Gasteiger partial charge < -0.3 is 14.8 Å². The van der Waals surface area contributed by atoms with Crippen molar-refractivity contribution in [2.45, 2.75) is 58.5 Å². The summed E-state index contributed by atoms with van der Waals surface area (Å²) in [7, 11) is 0. The number of dihydropyridines is 1. The van der Waals surface area contributed by atoms with Crippen molar-refractivity contribution in [3.05, 3.63) is 57.1 Å². The van der Waals surface area contributed by atoms with Gasteiger partial charge in [0.1, 0.15) is 12.4 Å². The lowest BCUT2D eigenvalue weighted by atomic mass is 9.68. The van der Waals surface area contributed by atoms with E-state index in [2.05, 4.69) is 5.32 Å². The molecule has 31 heavy (non-hydrogen) atoms. The van der Waals surface area contributed by atoms with Crippen LogP contribution in [0.3, 0.4) is 0 Å². The van der Waals surface area contributed by atoms with Crippen molar-refractivity contribution in [2.75, 3.05) is 13.2 Å². The Morgan fingerprint density at radius 1 is 1.35 bits per heavy atom. The van der Waals surface area contributed by atoms with Crippen molar-refractivity contribution >= 4 is 23.4 Å². The summed E-state index contributed by atoms with van der Waals surface area (Å²) >= 11 is 6.41. The van der Waals surface area contributed by atoms with Crippen LogP contribution in [-0.4, -0.2) is 31.1 Å². The Morgan fingerprint density at radius 3 is 2.81 bits per heavy atom. The first-order chi connectivity index (χ1) is 14.7.